The fourth-order valence-corrected chi connectivity index (χ4v) is 2.96. The molecule has 0 radical (unpaired) electrons. The van der Waals surface area contributed by atoms with Crippen molar-refractivity contribution in [3.05, 3.63) is 91.6 Å². The lowest BCUT2D eigenvalue weighted by atomic mass is 10.1. The molecule has 2 aromatic carbocycles. The summed E-state index contributed by atoms with van der Waals surface area (Å²) < 4.78 is 14.3. The molecule has 0 amide bonds. The Morgan fingerprint density at radius 1 is 1.18 bits per heavy atom. The summed E-state index contributed by atoms with van der Waals surface area (Å²) in [5.74, 6) is -0.279. The third-order valence-electron chi connectivity index (χ3n) is 4.41. The number of H-pyrrole nitrogens is 1. The summed E-state index contributed by atoms with van der Waals surface area (Å²) in [6, 6.07) is 12.0. The van der Waals surface area contributed by atoms with E-state index in [0.717, 1.165) is 5.56 Å². The van der Waals surface area contributed by atoms with Crippen LogP contribution < -0.4 is 5.56 Å². The number of non-ortho nitro benzene ring substituents is 1. The van der Waals surface area contributed by atoms with Gasteiger partial charge in [0.1, 0.15) is 5.82 Å². The molecular weight excluding hydrogens is 363 g/mol. The Labute approximate surface area is 160 Å². The van der Waals surface area contributed by atoms with Gasteiger partial charge in [-0.2, -0.15) is 0 Å². The number of benzene rings is 2. The first-order valence-electron chi connectivity index (χ1n) is 8.69. The predicted octanol–water partition coefficient (Wildman–Crippen LogP) is 3.57. The minimum atomic E-state index is -0.490. The highest BCUT2D eigenvalue weighted by atomic mass is 19.1. The highest BCUT2D eigenvalue weighted by molar-refractivity contribution is 5.99. The number of aromatic nitrogens is 2. The van der Waals surface area contributed by atoms with Crippen molar-refractivity contribution in [1.82, 2.24) is 9.78 Å². The molecule has 3 aromatic rings. The fraction of sp³-hybridized carbons (Fsp3) is 0.200. The number of aliphatic imine (C=N–C) groups is 1. The van der Waals surface area contributed by atoms with Gasteiger partial charge in [-0.3, -0.25) is 25.0 Å². The van der Waals surface area contributed by atoms with Crippen LogP contribution in [-0.2, 0) is 6.42 Å². The SMILES string of the molecule is CC(=NCCc1ccc(F)cc1)c1c(C)[nH]n(-c2ccc([N+](=O)[O-])cc2)c1=O. The molecule has 7 nitrogen and oxygen atoms in total. The maximum atomic E-state index is 12.9. The molecule has 144 valence electrons. The summed E-state index contributed by atoms with van der Waals surface area (Å²) >= 11 is 0. The molecule has 0 aliphatic rings. The van der Waals surface area contributed by atoms with Crippen molar-refractivity contribution in [2.24, 2.45) is 4.99 Å². The van der Waals surface area contributed by atoms with Crippen LogP contribution in [0.15, 0.2) is 58.3 Å². The number of nitrogens with zero attached hydrogens (tertiary/aromatic N) is 3. The lowest BCUT2D eigenvalue weighted by molar-refractivity contribution is -0.384. The van der Waals surface area contributed by atoms with Gasteiger partial charge in [0.15, 0.2) is 0 Å². The van der Waals surface area contributed by atoms with Crippen LogP contribution in [0.4, 0.5) is 10.1 Å². The van der Waals surface area contributed by atoms with Gasteiger partial charge in [0.2, 0.25) is 0 Å². The van der Waals surface area contributed by atoms with Crippen molar-refractivity contribution in [1.29, 1.82) is 0 Å². The molecule has 0 unspecified atom stereocenters. The van der Waals surface area contributed by atoms with Crippen LogP contribution in [-0.4, -0.2) is 27.0 Å². The monoisotopic (exact) mass is 382 g/mol. The Bertz CT molecular complexity index is 1080. The Balaban J connectivity index is 1.81. The van der Waals surface area contributed by atoms with E-state index in [-0.39, 0.29) is 17.1 Å². The number of nitro groups is 1. The van der Waals surface area contributed by atoms with E-state index in [0.29, 0.717) is 35.6 Å². The Kier molecular flexibility index (Phi) is 5.49. The van der Waals surface area contributed by atoms with Gasteiger partial charge in [-0.05, 0) is 50.1 Å². The van der Waals surface area contributed by atoms with Gasteiger partial charge in [-0.1, -0.05) is 12.1 Å². The van der Waals surface area contributed by atoms with Gasteiger partial charge >= 0.3 is 0 Å². The molecule has 1 aromatic heterocycles. The molecule has 0 aliphatic heterocycles. The van der Waals surface area contributed by atoms with Crippen molar-refractivity contribution < 1.29 is 9.31 Å². The zero-order valence-corrected chi connectivity index (χ0v) is 15.5. The summed E-state index contributed by atoms with van der Waals surface area (Å²) in [5.41, 5.74) is 2.88. The topological polar surface area (TPSA) is 93.3 Å². The second-order valence-corrected chi connectivity index (χ2v) is 6.37. The molecule has 0 spiro atoms. The van der Waals surface area contributed by atoms with E-state index in [2.05, 4.69) is 10.1 Å². The maximum Gasteiger partial charge on any atom is 0.280 e. The van der Waals surface area contributed by atoms with Crippen LogP contribution in [0.1, 0.15) is 23.7 Å². The second kappa shape index (κ2) is 7.99. The van der Waals surface area contributed by atoms with Gasteiger partial charge in [0.05, 0.1) is 16.2 Å². The molecule has 0 saturated heterocycles. The second-order valence-electron chi connectivity index (χ2n) is 6.37. The Hall–Kier alpha value is -3.55. The normalized spacial score (nSPS) is 11.6. The van der Waals surface area contributed by atoms with Crippen molar-refractivity contribution in [3.63, 3.8) is 0 Å². The number of nitrogens with one attached hydrogen (secondary N) is 1. The first-order valence-corrected chi connectivity index (χ1v) is 8.69. The van der Waals surface area contributed by atoms with Gasteiger partial charge in [-0.25, -0.2) is 9.07 Å². The van der Waals surface area contributed by atoms with E-state index in [9.17, 15) is 19.3 Å². The van der Waals surface area contributed by atoms with E-state index in [1.54, 1.807) is 26.0 Å². The molecule has 28 heavy (non-hydrogen) atoms. The zero-order chi connectivity index (χ0) is 20.3. The van der Waals surface area contributed by atoms with E-state index in [1.807, 2.05) is 0 Å². The molecular formula is C20H19FN4O3. The minimum Gasteiger partial charge on any atom is -0.295 e. The average Bonchev–Trinajstić information content (AvgIpc) is 2.97. The molecule has 1 heterocycles. The molecule has 0 saturated carbocycles. The van der Waals surface area contributed by atoms with Crippen LogP contribution >= 0.6 is 0 Å². The van der Waals surface area contributed by atoms with E-state index in [1.165, 1.54) is 41.1 Å². The standard InChI is InChI=1S/C20H19FN4O3/c1-13(22-12-11-15-3-5-16(21)6-4-15)19-14(2)23-24(20(19)26)17-7-9-18(10-8-17)25(27)28/h3-10,23H,11-12H2,1-2H3. The van der Waals surface area contributed by atoms with Crippen LogP contribution in [0, 0.1) is 22.9 Å². The molecule has 8 heteroatoms. The smallest absolute Gasteiger partial charge is 0.280 e. The summed E-state index contributed by atoms with van der Waals surface area (Å²) in [7, 11) is 0. The summed E-state index contributed by atoms with van der Waals surface area (Å²) in [6.45, 7) is 4.01. The number of aromatic amines is 1. The number of halogens is 1. The number of aryl methyl sites for hydroxylation is 1. The highest BCUT2D eigenvalue weighted by Gasteiger charge is 2.15. The summed E-state index contributed by atoms with van der Waals surface area (Å²) in [6.07, 6.45) is 0.637. The first-order chi connectivity index (χ1) is 13.4. The molecule has 0 bridgehead atoms. The quantitative estimate of drug-likeness (QED) is 0.401. The van der Waals surface area contributed by atoms with Crippen LogP contribution in [0.3, 0.4) is 0 Å². The summed E-state index contributed by atoms with van der Waals surface area (Å²) in [4.78, 5) is 27.6. The third-order valence-corrected chi connectivity index (χ3v) is 4.41. The van der Waals surface area contributed by atoms with Gasteiger partial charge in [-0.15, -0.1) is 0 Å². The fourth-order valence-electron chi connectivity index (χ4n) is 2.96. The Morgan fingerprint density at radius 2 is 1.82 bits per heavy atom. The van der Waals surface area contributed by atoms with Gasteiger partial charge < -0.3 is 0 Å². The van der Waals surface area contributed by atoms with Crippen molar-refractivity contribution in [3.8, 4) is 5.69 Å². The van der Waals surface area contributed by atoms with Crippen molar-refractivity contribution in [2.45, 2.75) is 20.3 Å². The van der Waals surface area contributed by atoms with E-state index < -0.39 is 4.92 Å². The number of nitro benzene ring substituents is 1. The lowest BCUT2D eigenvalue weighted by Crippen LogP contribution is -2.20. The van der Waals surface area contributed by atoms with Gasteiger partial charge in [0.25, 0.3) is 11.2 Å². The number of hydrogen-bond acceptors (Lipinski definition) is 4. The van der Waals surface area contributed by atoms with Crippen LogP contribution in [0.2, 0.25) is 0 Å². The third kappa shape index (κ3) is 4.06. The molecule has 0 fully saturated rings. The zero-order valence-electron chi connectivity index (χ0n) is 15.5. The number of hydrogen-bond donors (Lipinski definition) is 1. The Morgan fingerprint density at radius 3 is 2.43 bits per heavy atom. The van der Waals surface area contributed by atoms with Crippen molar-refractivity contribution in [2.75, 3.05) is 6.54 Å². The number of rotatable bonds is 6. The predicted molar refractivity (Wildman–Crippen MR) is 105 cm³/mol. The molecule has 0 atom stereocenters. The van der Waals surface area contributed by atoms with Gasteiger partial charge in [0, 0.05) is 30.1 Å². The maximum absolute atomic E-state index is 12.9. The highest BCUT2D eigenvalue weighted by Crippen LogP contribution is 2.15. The first kappa shape index (κ1) is 19.2. The molecule has 0 aliphatic carbocycles. The van der Waals surface area contributed by atoms with Crippen molar-refractivity contribution >= 4 is 11.4 Å². The average molecular weight is 382 g/mol. The van der Waals surface area contributed by atoms with Crippen LogP contribution in [0.5, 0.6) is 0 Å². The lowest BCUT2D eigenvalue weighted by Gasteiger charge is -2.01. The molecule has 1 N–H and O–H groups in total. The largest absolute Gasteiger partial charge is 0.295 e. The molecule has 3 rings (SSSR count). The summed E-state index contributed by atoms with van der Waals surface area (Å²) in [5, 5.41) is 13.8. The minimum absolute atomic E-state index is 0.0427. The van der Waals surface area contributed by atoms with Crippen LogP contribution in [0.25, 0.3) is 5.69 Å². The van der Waals surface area contributed by atoms with E-state index in [4.69, 9.17) is 0 Å². The van der Waals surface area contributed by atoms with E-state index >= 15 is 0 Å².